The monoisotopic (exact) mass is 217 g/mol. The molecule has 16 heavy (non-hydrogen) atoms. The van der Waals surface area contributed by atoms with Crippen molar-refractivity contribution in [2.24, 2.45) is 0 Å². The third-order valence-electron chi connectivity index (χ3n) is 1.78. The Morgan fingerprint density at radius 1 is 1.12 bits per heavy atom. The van der Waals surface area contributed by atoms with Crippen molar-refractivity contribution in [3.05, 3.63) is 42.5 Å². The standard InChI is InChI=1S/C10H7N3O3/c14-9(15)7-1-3-8(4-2-7)16-10-12-5-11-6-13-10/h1-6H,(H,14,15). The summed E-state index contributed by atoms with van der Waals surface area (Å²) in [6, 6.07) is 6.12. The van der Waals surface area contributed by atoms with E-state index in [1.54, 1.807) is 0 Å². The average molecular weight is 217 g/mol. The van der Waals surface area contributed by atoms with Crippen molar-refractivity contribution in [2.75, 3.05) is 0 Å². The Morgan fingerprint density at radius 2 is 1.75 bits per heavy atom. The molecule has 0 aliphatic carbocycles. The average Bonchev–Trinajstić information content (AvgIpc) is 2.31. The van der Waals surface area contributed by atoms with E-state index in [-0.39, 0.29) is 11.6 Å². The summed E-state index contributed by atoms with van der Waals surface area (Å²) < 4.78 is 5.26. The van der Waals surface area contributed by atoms with Crippen LogP contribution in [-0.4, -0.2) is 26.0 Å². The van der Waals surface area contributed by atoms with Crippen LogP contribution in [0.4, 0.5) is 0 Å². The van der Waals surface area contributed by atoms with Crippen LogP contribution in [0.25, 0.3) is 0 Å². The molecule has 0 unspecified atom stereocenters. The highest BCUT2D eigenvalue weighted by Gasteiger charge is 2.03. The van der Waals surface area contributed by atoms with Gasteiger partial charge in [-0.15, -0.1) is 0 Å². The number of rotatable bonds is 3. The third-order valence-corrected chi connectivity index (χ3v) is 1.78. The predicted octanol–water partition coefficient (Wildman–Crippen LogP) is 1.36. The van der Waals surface area contributed by atoms with Gasteiger partial charge >= 0.3 is 12.0 Å². The molecule has 6 nitrogen and oxygen atoms in total. The second kappa shape index (κ2) is 4.35. The Hall–Kier alpha value is -2.50. The Kier molecular flexibility index (Phi) is 2.73. The first-order chi connectivity index (χ1) is 7.75. The van der Waals surface area contributed by atoms with Gasteiger partial charge in [-0.3, -0.25) is 0 Å². The smallest absolute Gasteiger partial charge is 0.335 e. The van der Waals surface area contributed by atoms with E-state index in [1.807, 2.05) is 0 Å². The highest BCUT2D eigenvalue weighted by Crippen LogP contribution is 2.17. The van der Waals surface area contributed by atoms with Crippen molar-refractivity contribution in [1.29, 1.82) is 0 Å². The van der Waals surface area contributed by atoms with E-state index in [9.17, 15) is 4.79 Å². The summed E-state index contributed by atoms with van der Waals surface area (Å²) >= 11 is 0. The summed E-state index contributed by atoms with van der Waals surface area (Å²) in [6.07, 6.45) is 2.63. The van der Waals surface area contributed by atoms with Crippen LogP contribution in [0.2, 0.25) is 0 Å². The number of carbonyl (C=O) groups is 1. The fraction of sp³-hybridized carbons (Fsp3) is 0. The Morgan fingerprint density at radius 3 is 2.31 bits per heavy atom. The molecule has 0 bridgehead atoms. The van der Waals surface area contributed by atoms with Gasteiger partial charge in [-0.05, 0) is 24.3 Å². The Bertz CT molecular complexity index is 484. The van der Waals surface area contributed by atoms with E-state index in [2.05, 4.69) is 15.0 Å². The molecule has 80 valence electrons. The summed E-state index contributed by atoms with van der Waals surface area (Å²) in [5.74, 6) is -0.511. The first-order valence-corrected chi connectivity index (χ1v) is 4.39. The normalized spacial score (nSPS) is 9.75. The minimum Gasteiger partial charge on any atom is -0.478 e. The summed E-state index contributed by atoms with van der Waals surface area (Å²) in [6.45, 7) is 0. The molecular weight excluding hydrogens is 210 g/mol. The van der Waals surface area contributed by atoms with Gasteiger partial charge in [0.25, 0.3) is 0 Å². The maximum absolute atomic E-state index is 10.6. The van der Waals surface area contributed by atoms with Crippen LogP contribution >= 0.6 is 0 Å². The summed E-state index contributed by atoms with van der Waals surface area (Å²) in [7, 11) is 0. The van der Waals surface area contributed by atoms with Gasteiger partial charge in [-0.25, -0.2) is 9.78 Å². The molecule has 0 spiro atoms. The molecule has 0 saturated carbocycles. The van der Waals surface area contributed by atoms with E-state index in [0.717, 1.165) is 0 Å². The van der Waals surface area contributed by atoms with E-state index >= 15 is 0 Å². The lowest BCUT2D eigenvalue weighted by Crippen LogP contribution is -1.96. The van der Waals surface area contributed by atoms with Gasteiger partial charge in [0, 0.05) is 0 Å². The van der Waals surface area contributed by atoms with Crippen molar-refractivity contribution in [1.82, 2.24) is 15.0 Å². The van der Waals surface area contributed by atoms with E-state index in [4.69, 9.17) is 9.84 Å². The number of hydrogen-bond donors (Lipinski definition) is 1. The number of aromatic carboxylic acids is 1. The molecule has 0 atom stereocenters. The molecule has 1 N–H and O–H groups in total. The second-order valence-corrected chi connectivity index (χ2v) is 2.85. The van der Waals surface area contributed by atoms with E-state index < -0.39 is 5.97 Å². The molecule has 0 aliphatic rings. The van der Waals surface area contributed by atoms with Gasteiger partial charge in [0.05, 0.1) is 5.56 Å². The van der Waals surface area contributed by atoms with Crippen LogP contribution in [0.1, 0.15) is 10.4 Å². The molecule has 0 aliphatic heterocycles. The minimum atomic E-state index is -0.980. The van der Waals surface area contributed by atoms with Crippen LogP contribution in [0.3, 0.4) is 0 Å². The van der Waals surface area contributed by atoms with Gasteiger partial charge in [-0.1, -0.05) is 0 Å². The maximum atomic E-state index is 10.6. The minimum absolute atomic E-state index is 0.165. The van der Waals surface area contributed by atoms with Crippen molar-refractivity contribution in [2.45, 2.75) is 0 Å². The van der Waals surface area contributed by atoms with Crippen LogP contribution in [0.5, 0.6) is 11.8 Å². The molecule has 2 rings (SSSR count). The first kappa shape index (κ1) is 10.0. The zero-order chi connectivity index (χ0) is 11.4. The molecule has 0 radical (unpaired) electrons. The molecular formula is C10H7N3O3. The lowest BCUT2D eigenvalue weighted by atomic mass is 10.2. The number of benzene rings is 1. The lowest BCUT2D eigenvalue weighted by Gasteiger charge is -2.02. The van der Waals surface area contributed by atoms with Crippen molar-refractivity contribution in [3.63, 3.8) is 0 Å². The van der Waals surface area contributed by atoms with Gasteiger partial charge in [-0.2, -0.15) is 9.97 Å². The van der Waals surface area contributed by atoms with Crippen LogP contribution in [0.15, 0.2) is 36.9 Å². The first-order valence-electron chi connectivity index (χ1n) is 4.39. The summed E-state index contributed by atoms with van der Waals surface area (Å²) in [4.78, 5) is 21.8. The van der Waals surface area contributed by atoms with Crippen LogP contribution in [0, 0.1) is 0 Å². The molecule has 0 amide bonds. The van der Waals surface area contributed by atoms with E-state index in [0.29, 0.717) is 5.75 Å². The quantitative estimate of drug-likeness (QED) is 0.835. The largest absolute Gasteiger partial charge is 0.478 e. The van der Waals surface area contributed by atoms with E-state index in [1.165, 1.54) is 36.9 Å². The topological polar surface area (TPSA) is 85.2 Å². The maximum Gasteiger partial charge on any atom is 0.335 e. The third kappa shape index (κ3) is 2.30. The molecule has 1 aromatic heterocycles. The van der Waals surface area contributed by atoms with Gasteiger partial charge in [0.2, 0.25) is 0 Å². The number of nitrogens with zero attached hydrogens (tertiary/aromatic N) is 3. The summed E-state index contributed by atoms with van der Waals surface area (Å²) in [5.41, 5.74) is 0.197. The van der Waals surface area contributed by atoms with Gasteiger partial charge < -0.3 is 9.84 Å². The molecule has 6 heteroatoms. The highest BCUT2D eigenvalue weighted by atomic mass is 16.5. The predicted molar refractivity (Wildman–Crippen MR) is 53.3 cm³/mol. The fourth-order valence-electron chi connectivity index (χ4n) is 1.05. The number of ether oxygens (including phenoxy) is 1. The molecule has 1 aromatic carbocycles. The number of aromatic nitrogens is 3. The SMILES string of the molecule is O=C(O)c1ccc(Oc2ncncn2)cc1. The van der Waals surface area contributed by atoms with Crippen molar-refractivity contribution in [3.8, 4) is 11.8 Å². The molecule has 0 saturated heterocycles. The second-order valence-electron chi connectivity index (χ2n) is 2.85. The highest BCUT2D eigenvalue weighted by molar-refractivity contribution is 5.87. The van der Waals surface area contributed by atoms with Crippen LogP contribution in [-0.2, 0) is 0 Å². The molecule has 2 aromatic rings. The Labute approximate surface area is 90.6 Å². The van der Waals surface area contributed by atoms with Crippen molar-refractivity contribution >= 4 is 5.97 Å². The van der Waals surface area contributed by atoms with Crippen molar-refractivity contribution < 1.29 is 14.6 Å². The van der Waals surface area contributed by atoms with Crippen LogP contribution < -0.4 is 4.74 Å². The fourth-order valence-corrected chi connectivity index (χ4v) is 1.05. The Balaban J connectivity index is 2.14. The molecule has 1 heterocycles. The zero-order valence-electron chi connectivity index (χ0n) is 8.07. The molecule has 0 fully saturated rings. The number of carboxylic acid groups (broad SMARTS) is 1. The number of hydrogen-bond acceptors (Lipinski definition) is 5. The van der Waals surface area contributed by atoms with Gasteiger partial charge in [0.15, 0.2) is 0 Å². The van der Waals surface area contributed by atoms with Gasteiger partial charge in [0.1, 0.15) is 18.4 Å². The zero-order valence-corrected chi connectivity index (χ0v) is 8.07. The number of carboxylic acids is 1. The summed E-state index contributed by atoms with van der Waals surface area (Å²) in [5, 5.41) is 8.69. The lowest BCUT2D eigenvalue weighted by molar-refractivity contribution is 0.0697.